The van der Waals surface area contributed by atoms with E-state index >= 15 is 0 Å². The van der Waals surface area contributed by atoms with Crippen molar-refractivity contribution in [3.63, 3.8) is 0 Å². The van der Waals surface area contributed by atoms with Gasteiger partial charge in [0.25, 0.3) is 5.91 Å². The molecule has 1 atom stereocenters. The standard InChI is InChI=1S/C21H22N8O3/c1-2-16(30)29-10-3-4-15(12-29)25-21-26-19(17(18(22)31)27-28-21)24-14-7-5-13(6-8-14)20-23-9-11-32-20/h2,5-9,11,15H,1,3-4,10,12H2,(H2,22,31)(H2,24,25,26,28)/t15-/m0/s1. The molecule has 0 spiro atoms. The van der Waals surface area contributed by atoms with Crippen molar-refractivity contribution in [2.45, 2.75) is 18.9 Å². The summed E-state index contributed by atoms with van der Waals surface area (Å²) in [6.45, 7) is 4.71. The lowest BCUT2D eigenvalue weighted by Gasteiger charge is -2.32. The zero-order valence-corrected chi connectivity index (χ0v) is 17.2. The van der Waals surface area contributed by atoms with Gasteiger partial charge in [0, 0.05) is 30.4 Å². The number of aromatic nitrogens is 4. The molecule has 3 aromatic rings. The summed E-state index contributed by atoms with van der Waals surface area (Å²) in [6.07, 6.45) is 6.05. The molecule has 11 nitrogen and oxygen atoms in total. The van der Waals surface area contributed by atoms with Crippen LogP contribution in [0.5, 0.6) is 0 Å². The minimum Gasteiger partial charge on any atom is -0.445 e. The highest BCUT2D eigenvalue weighted by Gasteiger charge is 2.23. The molecule has 3 heterocycles. The van der Waals surface area contributed by atoms with E-state index in [1.807, 2.05) is 12.1 Å². The summed E-state index contributed by atoms with van der Waals surface area (Å²) in [5, 5.41) is 14.2. The Bertz CT molecular complexity index is 1110. The van der Waals surface area contributed by atoms with E-state index in [0.29, 0.717) is 24.7 Å². The van der Waals surface area contributed by atoms with Crippen molar-refractivity contribution in [2.24, 2.45) is 5.73 Å². The Labute approximate surface area is 183 Å². The second kappa shape index (κ2) is 9.25. The lowest BCUT2D eigenvalue weighted by atomic mass is 10.1. The molecule has 1 saturated heterocycles. The van der Waals surface area contributed by atoms with Gasteiger partial charge in [-0.1, -0.05) is 6.58 Å². The smallest absolute Gasteiger partial charge is 0.273 e. The molecule has 11 heteroatoms. The van der Waals surface area contributed by atoms with E-state index in [-0.39, 0.29) is 29.4 Å². The molecule has 164 valence electrons. The Hall–Kier alpha value is -4.28. The van der Waals surface area contributed by atoms with Crippen LogP contribution in [0.25, 0.3) is 11.5 Å². The van der Waals surface area contributed by atoms with Gasteiger partial charge in [0.15, 0.2) is 11.5 Å². The van der Waals surface area contributed by atoms with Crippen LogP contribution in [0.1, 0.15) is 23.3 Å². The van der Waals surface area contributed by atoms with Crippen molar-refractivity contribution in [3.8, 4) is 11.5 Å². The summed E-state index contributed by atoms with van der Waals surface area (Å²) < 4.78 is 5.28. The lowest BCUT2D eigenvalue weighted by Crippen LogP contribution is -2.44. The third-order valence-electron chi connectivity index (χ3n) is 4.99. The topological polar surface area (TPSA) is 152 Å². The largest absolute Gasteiger partial charge is 0.445 e. The maximum absolute atomic E-state index is 11.9. The average Bonchev–Trinajstić information content (AvgIpc) is 3.34. The van der Waals surface area contributed by atoms with Gasteiger partial charge >= 0.3 is 0 Å². The summed E-state index contributed by atoms with van der Waals surface area (Å²) in [6, 6.07) is 7.17. The van der Waals surface area contributed by atoms with Gasteiger partial charge in [0.2, 0.25) is 17.7 Å². The highest BCUT2D eigenvalue weighted by Crippen LogP contribution is 2.23. The molecule has 1 aliphatic rings. The molecule has 0 unspecified atom stereocenters. The van der Waals surface area contributed by atoms with E-state index in [9.17, 15) is 9.59 Å². The van der Waals surface area contributed by atoms with Crippen molar-refractivity contribution in [1.82, 2.24) is 25.1 Å². The highest BCUT2D eigenvalue weighted by molar-refractivity contribution is 5.96. The van der Waals surface area contributed by atoms with Crippen LogP contribution in [0.4, 0.5) is 17.5 Å². The predicted octanol–water partition coefficient (Wildman–Crippen LogP) is 1.96. The molecule has 4 N–H and O–H groups in total. The van der Waals surface area contributed by atoms with Gasteiger partial charge in [-0.05, 0) is 43.2 Å². The second-order valence-corrected chi connectivity index (χ2v) is 7.21. The van der Waals surface area contributed by atoms with Crippen molar-refractivity contribution < 1.29 is 14.0 Å². The van der Waals surface area contributed by atoms with Crippen LogP contribution in [0.15, 0.2) is 53.8 Å². The number of nitrogens with one attached hydrogen (secondary N) is 2. The molecule has 0 aliphatic carbocycles. The Morgan fingerprint density at radius 3 is 2.75 bits per heavy atom. The Balaban J connectivity index is 1.51. The molecule has 1 fully saturated rings. The summed E-state index contributed by atoms with van der Waals surface area (Å²) in [5.74, 6) is 0.0348. The number of benzene rings is 1. The fraction of sp³-hybridized carbons (Fsp3) is 0.238. The number of rotatable bonds is 7. The predicted molar refractivity (Wildman–Crippen MR) is 117 cm³/mol. The van der Waals surface area contributed by atoms with Crippen LogP contribution in [-0.2, 0) is 4.79 Å². The van der Waals surface area contributed by atoms with Crippen LogP contribution in [0, 0.1) is 0 Å². The molecule has 1 aromatic carbocycles. The number of carbonyl (C=O) groups excluding carboxylic acids is 2. The molecule has 4 rings (SSSR count). The Morgan fingerprint density at radius 2 is 2.06 bits per heavy atom. The van der Waals surface area contributed by atoms with Gasteiger partial charge in [0.1, 0.15) is 6.26 Å². The normalized spacial score (nSPS) is 15.8. The number of nitrogens with zero attached hydrogens (tertiary/aromatic N) is 5. The zero-order chi connectivity index (χ0) is 22.5. The van der Waals surface area contributed by atoms with Gasteiger partial charge in [-0.25, -0.2) is 4.98 Å². The van der Waals surface area contributed by atoms with Gasteiger partial charge in [-0.3, -0.25) is 9.59 Å². The SMILES string of the molecule is C=CC(=O)N1CCC[C@H](Nc2nnc(C(N)=O)c(Nc3ccc(-c4ncco4)cc3)n2)C1. The molecule has 0 bridgehead atoms. The lowest BCUT2D eigenvalue weighted by molar-refractivity contribution is -0.127. The molecule has 2 aromatic heterocycles. The first-order chi connectivity index (χ1) is 15.5. The summed E-state index contributed by atoms with van der Waals surface area (Å²) in [5.41, 5.74) is 6.82. The highest BCUT2D eigenvalue weighted by atomic mass is 16.3. The summed E-state index contributed by atoms with van der Waals surface area (Å²) in [7, 11) is 0. The van der Waals surface area contributed by atoms with E-state index < -0.39 is 5.91 Å². The first-order valence-electron chi connectivity index (χ1n) is 10.0. The fourth-order valence-corrected chi connectivity index (χ4v) is 3.45. The van der Waals surface area contributed by atoms with Crippen molar-refractivity contribution in [3.05, 3.63) is 55.1 Å². The fourth-order valence-electron chi connectivity index (χ4n) is 3.45. The Kier molecular flexibility index (Phi) is 6.06. The first-order valence-corrected chi connectivity index (χ1v) is 10.0. The summed E-state index contributed by atoms with van der Waals surface area (Å²) in [4.78, 5) is 33.9. The molecule has 1 aliphatic heterocycles. The number of nitrogens with two attached hydrogens (primary N) is 1. The van der Waals surface area contributed by atoms with E-state index in [0.717, 1.165) is 18.4 Å². The zero-order valence-electron chi connectivity index (χ0n) is 17.2. The second-order valence-electron chi connectivity index (χ2n) is 7.21. The maximum Gasteiger partial charge on any atom is 0.273 e. The number of anilines is 3. The van der Waals surface area contributed by atoms with Crippen LogP contribution >= 0.6 is 0 Å². The quantitative estimate of drug-likeness (QED) is 0.474. The van der Waals surface area contributed by atoms with E-state index in [1.165, 1.54) is 12.3 Å². The molecule has 2 amide bonds. The van der Waals surface area contributed by atoms with Crippen molar-refractivity contribution >= 4 is 29.3 Å². The maximum atomic E-state index is 11.9. The van der Waals surface area contributed by atoms with Gasteiger partial charge in [0.05, 0.1) is 6.20 Å². The van der Waals surface area contributed by atoms with Gasteiger partial charge in [-0.15, -0.1) is 10.2 Å². The number of piperidine rings is 1. The molecule has 0 radical (unpaired) electrons. The number of oxazole rings is 1. The number of likely N-dealkylation sites (tertiary alicyclic amines) is 1. The van der Waals surface area contributed by atoms with Crippen LogP contribution in [-0.4, -0.2) is 56.0 Å². The van der Waals surface area contributed by atoms with Crippen LogP contribution in [0.3, 0.4) is 0 Å². The third-order valence-corrected chi connectivity index (χ3v) is 4.99. The van der Waals surface area contributed by atoms with Crippen molar-refractivity contribution in [2.75, 3.05) is 23.7 Å². The van der Waals surface area contributed by atoms with Crippen LogP contribution in [0.2, 0.25) is 0 Å². The van der Waals surface area contributed by atoms with E-state index in [1.54, 1.807) is 23.2 Å². The van der Waals surface area contributed by atoms with Crippen LogP contribution < -0.4 is 16.4 Å². The van der Waals surface area contributed by atoms with E-state index in [4.69, 9.17) is 10.2 Å². The van der Waals surface area contributed by atoms with Gasteiger partial charge in [-0.2, -0.15) is 4.98 Å². The summed E-state index contributed by atoms with van der Waals surface area (Å²) >= 11 is 0. The molecular formula is C21H22N8O3. The van der Waals surface area contributed by atoms with E-state index in [2.05, 4.69) is 37.4 Å². The molecule has 0 saturated carbocycles. The third kappa shape index (κ3) is 4.72. The number of primary amides is 1. The van der Waals surface area contributed by atoms with Crippen molar-refractivity contribution in [1.29, 1.82) is 0 Å². The first kappa shape index (κ1) is 21.0. The number of hydrogen-bond donors (Lipinski definition) is 3. The number of carbonyl (C=O) groups is 2. The number of amides is 2. The minimum absolute atomic E-state index is 0.0539. The van der Waals surface area contributed by atoms with Gasteiger partial charge < -0.3 is 25.7 Å². The number of hydrogen-bond acceptors (Lipinski definition) is 9. The Morgan fingerprint density at radius 1 is 1.25 bits per heavy atom. The molecule has 32 heavy (non-hydrogen) atoms. The average molecular weight is 434 g/mol. The minimum atomic E-state index is -0.754. The monoisotopic (exact) mass is 434 g/mol. The molecular weight excluding hydrogens is 412 g/mol.